The number of furan rings is 1. The molecule has 4 atom stereocenters. The first-order valence-corrected chi connectivity index (χ1v) is 17.5. The number of benzene rings is 5. The van der Waals surface area contributed by atoms with Gasteiger partial charge in [-0.1, -0.05) is 146 Å². The molecule has 2 aromatic heterocycles. The van der Waals surface area contributed by atoms with Gasteiger partial charge in [-0.25, -0.2) is 0 Å². The molecule has 7 aromatic rings. The van der Waals surface area contributed by atoms with Gasteiger partial charge in [-0.05, 0) is 22.8 Å². The Bertz CT molecular complexity index is 2370. The zero-order valence-corrected chi connectivity index (χ0v) is 27.0. The summed E-state index contributed by atoms with van der Waals surface area (Å²) < 4.78 is 9.23. The van der Waals surface area contributed by atoms with E-state index in [4.69, 9.17) is 4.42 Å². The molecule has 10 rings (SSSR count). The van der Waals surface area contributed by atoms with Crippen molar-refractivity contribution in [2.45, 2.75) is 24.4 Å². The van der Waals surface area contributed by atoms with Gasteiger partial charge in [0.15, 0.2) is 0 Å². The van der Waals surface area contributed by atoms with Gasteiger partial charge >= 0.3 is 0 Å². The Kier molecular flexibility index (Phi) is 6.59. The molecule has 3 aliphatic rings. The molecule has 3 N–H and O–H groups in total. The summed E-state index contributed by atoms with van der Waals surface area (Å²) in [6.45, 7) is 0. The maximum Gasteiger partial charge on any atom is 0.135 e. The largest absolute Gasteiger partial charge is 0.460 e. The van der Waals surface area contributed by atoms with Crippen LogP contribution in [0.5, 0.6) is 0 Å². The number of hydrogen-bond acceptors (Lipinski definition) is 5. The topological polar surface area (TPSA) is 49.2 Å². The molecule has 4 nitrogen and oxygen atoms in total. The van der Waals surface area contributed by atoms with E-state index >= 15 is 0 Å². The molecule has 0 saturated carbocycles. The van der Waals surface area contributed by atoms with Crippen molar-refractivity contribution in [1.82, 2.24) is 16.0 Å². The third-order valence-electron chi connectivity index (χ3n) is 10.2. The van der Waals surface area contributed by atoms with E-state index in [0.717, 1.165) is 11.3 Å². The first kappa shape index (κ1) is 28.0. The van der Waals surface area contributed by atoms with E-state index in [1.807, 2.05) is 11.3 Å². The Balaban J connectivity index is 1.12. The van der Waals surface area contributed by atoms with E-state index in [-0.39, 0.29) is 24.4 Å². The summed E-state index contributed by atoms with van der Waals surface area (Å²) in [5, 5.41) is 15.4. The van der Waals surface area contributed by atoms with Gasteiger partial charge in [0.1, 0.15) is 11.3 Å². The standard InChI is InChI=1S/C43H33N3OS/c1-3-13-27(14-4-1)41-44-42(28-15-5-2-6-16-28)46-43(45-41)35-22-10-21-33-32-20-9-19-31(39(32)48-40(33)35)30-18-11-23-36-37(30)34-25-24-26-12-7-8-17-29(26)38(34)47-36/h1-26,29,41-46H. The second-order valence-electron chi connectivity index (χ2n) is 12.9. The quantitative estimate of drug-likeness (QED) is 0.179. The highest BCUT2D eigenvalue weighted by molar-refractivity contribution is 7.26. The van der Waals surface area contributed by atoms with Crippen LogP contribution in [0.25, 0.3) is 48.3 Å². The number of allylic oxidation sites excluding steroid dienone is 5. The highest BCUT2D eigenvalue weighted by atomic mass is 32.1. The van der Waals surface area contributed by atoms with Crippen LogP contribution in [0.1, 0.15) is 52.4 Å². The summed E-state index contributed by atoms with van der Waals surface area (Å²) in [6.07, 6.45) is 13.3. The molecular formula is C43H33N3OS. The molecule has 5 aromatic carbocycles. The van der Waals surface area contributed by atoms with Crippen molar-refractivity contribution in [2.24, 2.45) is 5.92 Å². The number of fused-ring (bicyclic) bond motifs is 8. The van der Waals surface area contributed by atoms with E-state index in [1.165, 1.54) is 58.9 Å². The van der Waals surface area contributed by atoms with Crippen molar-refractivity contribution in [1.29, 1.82) is 0 Å². The highest BCUT2D eigenvalue weighted by Crippen LogP contribution is 2.48. The normalized spacial score (nSPS) is 23.1. The molecule has 0 bridgehead atoms. The van der Waals surface area contributed by atoms with Crippen molar-refractivity contribution in [2.75, 3.05) is 0 Å². The van der Waals surface area contributed by atoms with E-state index in [1.54, 1.807) is 0 Å². The lowest BCUT2D eigenvalue weighted by atomic mass is 9.80. The molecule has 232 valence electrons. The van der Waals surface area contributed by atoms with E-state index in [9.17, 15) is 0 Å². The number of nitrogens with one attached hydrogen (secondary N) is 3. The molecule has 4 unspecified atom stereocenters. The maximum atomic E-state index is 6.63. The lowest BCUT2D eigenvalue weighted by Crippen LogP contribution is -2.54. The minimum Gasteiger partial charge on any atom is -0.460 e. The van der Waals surface area contributed by atoms with Crippen LogP contribution in [0.15, 0.2) is 150 Å². The van der Waals surface area contributed by atoms with Gasteiger partial charge in [-0.2, -0.15) is 0 Å². The molecule has 2 aliphatic carbocycles. The summed E-state index contributed by atoms with van der Waals surface area (Å²) in [5.41, 5.74) is 8.32. The van der Waals surface area contributed by atoms with Gasteiger partial charge in [0.25, 0.3) is 0 Å². The molecule has 48 heavy (non-hydrogen) atoms. The average molecular weight is 640 g/mol. The van der Waals surface area contributed by atoms with Gasteiger partial charge in [-0.3, -0.25) is 16.0 Å². The van der Waals surface area contributed by atoms with Crippen LogP contribution < -0.4 is 16.0 Å². The summed E-state index contributed by atoms with van der Waals surface area (Å²) in [4.78, 5) is 0. The number of thiophene rings is 1. The molecule has 1 fully saturated rings. The second kappa shape index (κ2) is 11.3. The third kappa shape index (κ3) is 4.47. The van der Waals surface area contributed by atoms with Gasteiger partial charge in [0, 0.05) is 54.1 Å². The fourth-order valence-corrected chi connectivity index (χ4v) is 9.26. The molecule has 3 heterocycles. The van der Waals surface area contributed by atoms with Crippen LogP contribution in [0, 0.1) is 5.92 Å². The second-order valence-corrected chi connectivity index (χ2v) is 13.9. The summed E-state index contributed by atoms with van der Waals surface area (Å²) in [7, 11) is 0. The van der Waals surface area contributed by atoms with E-state index in [2.05, 4.69) is 168 Å². The Hall–Kier alpha value is -5.04. The predicted molar refractivity (Wildman–Crippen MR) is 199 cm³/mol. The van der Waals surface area contributed by atoms with Crippen molar-refractivity contribution in [3.05, 3.63) is 174 Å². The zero-order chi connectivity index (χ0) is 31.6. The SMILES string of the molecule is C1=CC2C=Cc3c(oc4cccc(-c5cccc6c5sc5c(C7NC(c8ccccc8)NC(c8ccccc8)N7)cccc56)c34)C2C=C1. The predicted octanol–water partition coefficient (Wildman–Crippen LogP) is 10.5. The fourth-order valence-electron chi connectivity index (χ4n) is 7.89. The van der Waals surface area contributed by atoms with Crippen LogP contribution in [-0.4, -0.2) is 0 Å². The molecule has 1 aliphatic heterocycles. The molecule has 0 spiro atoms. The number of hydrogen-bond donors (Lipinski definition) is 3. The monoisotopic (exact) mass is 639 g/mol. The first-order valence-electron chi connectivity index (χ1n) is 16.7. The Morgan fingerprint density at radius 2 is 1.19 bits per heavy atom. The van der Waals surface area contributed by atoms with Crippen molar-refractivity contribution < 1.29 is 4.42 Å². The van der Waals surface area contributed by atoms with Crippen LogP contribution in [-0.2, 0) is 0 Å². The van der Waals surface area contributed by atoms with Crippen molar-refractivity contribution >= 4 is 48.6 Å². The Morgan fingerprint density at radius 1 is 0.542 bits per heavy atom. The lowest BCUT2D eigenvalue weighted by Gasteiger charge is -2.39. The highest BCUT2D eigenvalue weighted by Gasteiger charge is 2.32. The fraction of sp³-hybridized carbons (Fsp3) is 0.116. The lowest BCUT2D eigenvalue weighted by molar-refractivity contribution is 0.204. The average Bonchev–Trinajstić information content (AvgIpc) is 3.74. The minimum absolute atomic E-state index is 0.0186. The van der Waals surface area contributed by atoms with Crippen LogP contribution in [0.3, 0.4) is 0 Å². The van der Waals surface area contributed by atoms with Crippen LogP contribution >= 0.6 is 11.3 Å². The minimum atomic E-state index is -0.0677. The van der Waals surface area contributed by atoms with Gasteiger partial charge in [0.2, 0.25) is 0 Å². The molecule has 5 heteroatoms. The smallest absolute Gasteiger partial charge is 0.135 e. The third-order valence-corrected chi connectivity index (χ3v) is 11.5. The molecule has 0 radical (unpaired) electrons. The molecule has 0 amide bonds. The summed E-state index contributed by atoms with van der Waals surface area (Å²) in [6, 6.07) is 41.4. The van der Waals surface area contributed by atoms with Gasteiger partial charge < -0.3 is 4.42 Å². The van der Waals surface area contributed by atoms with Crippen LogP contribution in [0.2, 0.25) is 0 Å². The van der Waals surface area contributed by atoms with E-state index in [0.29, 0.717) is 5.92 Å². The molecule has 1 saturated heterocycles. The maximum absolute atomic E-state index is 6.63. The molecular weight excluding hydrogens is 607 g/mol. The van der Waals surface area contributed by atoms with Gasteiger partial charge in [-0.15, -0.1) is 11.3 Å². The number of rotatable bonds is 4. The Morgan fingerprint density at radius 3 is 1.96 bits per heavy atom. The van der Waals surface area contributed by atoms with Crippen molar-refractivity contribution in [3.63, 3.8) is 0 Å². The van der Waals surface area contributed by atoms with Crippen molar-refractivity contribution in [3.8, 4) is 11.1 Å². The zero-order valence-electron chi connectivity index (χ0n) is 26.1. The summed E-state index contributed by atoms with van der Waals surface area (Å²) >= 11 is 1.89. The van der Waals surface area contributed by atoms with E-state index < -0.39 is 0 Å². The Labute approximate surface area is 283 Å². The van der Waals surface area contributed by atoms with Gasteiger partial charge in [0.05, 0.1) is 18.5 Å². The first-order chi connectivity index (χ1) is 23.8. The summed E-state index contributed by atoms with van der Waals surface area (Å²) in [5.74, 6) is 1.65. The van der Waals surface area contributed by atoms with Crippen LogP contribution in [0.4, 0.5) is 0 Å².